The van der Waals surface area contributed by atoms with Gasteiger partial charge in [0.25, 0.3) is 0 Å². The van der Waals surface area contributed by atoms with E-state index in [2.05, 4.69) is 4.98 Å². The van der Waals surface area contributed by atoms with Crippen LogP contribution in [-0.2, 0) is 5.54 Å². The largest absolute Gasteiger partial charge is 0.323 e. The van der Waals surface area contributed by atoms with Gasteiger partial charge >= 0.3 is 0 Å². The standard InChI is InChI=1S/C8H12N2O/c1-8(2,3)10-6-9-4-7(10)5-11/h4-6H,1-3H3. The Bertz CT molecular complexity index is 257. The molecule has 0 radical (unpaired) electrons. The minimum Gasteiger partial charge on any atom is -0.323 e. The highest BCUT2D eigenvalue weighted by Crippen LogP contribution is 2.14. The molecule has 3 nitrogen and oxygen atoms in total. The minimum atomic E-state index is -0.0628. The van der Waals surface area contributed by atoms with Crippen molar-refractivity contribution in [2.75, 3.05) is 0 Å². The molecule has 1 rings (SSSR count). The predicted molar refractivity (Wildman–Crippen MR) is 42.6 cm³/mol. The fraction of sp³-hybridized carbons (Fsp3) is 0.500. The fourth-order valence-electron chi connectivity index (χ4n) is 0.953. The summed E-state index contributed by atoms with van der Waals surface area (Å²) in [7, 11) is 0. The normalized spacial score (nSPS) is 11.5. The van der Waals surface area contributed by atoms with Crippen molar-refractivity contribution >= 4 is 6.29 Å². The van der Waals surface area contributed by atoms with Gasteiger partial charge in [-0.15, -0.1) is 0 Å². The van der Waals surface area contributed by atoms with Crippen LogP contribution in [-0.4, -0.2) is 15.8 Å². The summed E-state index contributed by atoms with van der Waals surface area (Å²) >= 11 is 0. The van der Waals surface area contributed by atoms with E-state index in [0.29, 0.717) is 5.69 Å². The molecule has 0 unspecified atom stereocenters. The third-order valence-corrected chi connectivity index (χ3v) is 1.51. The molecule has 0 atom stereocenters. The first kappa shape index (κ1) is 7.98. The molecule has 0 saturated carbocycles. The monoisotopic (exact) mass is 152 g/mol. The maximum atomic E-state index is 10.5. The smallest absolute Gasteiger partial charge is 0.168 e. The van der Waals surface area contributed by atoms with Gasteiger partial charge in [0.2, 0.25) is 0 Å². The molecule has 60 valence electrons. The molecule has 1 aromatic heterocycles. The molecule has 0 amide bonds. The van der Waals surface area contributed by atoms with Crippen LogP contribution in [0.3, 0.4) is 0 Å². The molecule has 0 aliphatic rings. The van der Waals surface area contributed by atoms with E-state index in [9.17, 15) is 4.79 Å². The first-order chi connectivity index (χ1) is 5.05. The van der Waals surface area contributed by atoms with Crippen molar-refractivity contribution in [1.82, 2.24) is 9.55 Å². The van der Waals surface area contributed by atoms with Crippen molar-refractivity contribution < 1.29 is 4.79 Å². The Morgan fingerprint density at radius 3 is 2.55 bits per heavy atom. The highest BCUT2D eigenvalue weighted by molar-refractivity contribution is 5.71. The van der Waals surface area contributed by atoms with E-state index < -0.39 is 0 Å². The number of nitrogens with zero attached hydrogens (tertiary/aromatic N) is 2. The van der Waals surface area contributed by atoms with Crippen LogP contribution in [0.1, 0.15) is 31.3 Å². The zero-order valence-corrected chi connectivity index (χ0v) is 7.03. The highest BCUT2D eigenvalue weighted by Gasteiger charge is 2.15. The van der Waals surface area contributed by atoms with Gasteiger partial charge in [-0.1, -0.05) is 0 Å². The van der Waals surface area contributed by atoms with E-state index in [4.69, 9.17) is 0 Å². The van der Waals surface area contributed by atoms with E-state index in [1.807, 2.05) is 25.3 Å². The molecular formula is C8H12N2O. The molecule has 0 saturated heterocycles. The Labute approximate surface area is 66.1 Å². The Morgan fingerprint density at radius 2 is 2.18 bits per heavy atom. The minimum absolute atomic E-state index is 0.0628. The molecule has 3 heteroatoms. The number of imidazole rings is 1. The number of aldehydes is 1. The Balaban J connectivity index is 3.12. The molecule has 11 heavy (non-hydrogen) atoms. The van der Waals surface area contributed by atoms with Crippen LogP contribution in [0.4, 0.5) is 0 Å². The summed E-state index contributed by atoms with van der Waals surface area (Å²) in [6.07, 6.45) is 4.06. The first-order valence-electron chi connectivity index (χ1n) is 3.53. The maximum absolute atomic E-state index is 10.5. The summed E-state index contributed by atoms with van der Waals surface area (Å²) in [6.45, 7) is 6.09. The molecular weight excluding hydrogens is 140 g/mol. The van der Waals surface area contributed by atoms with Crippen LogP contribution in [0.5, 0.6) is 0 Å². The zero-order valence-electron chi connectivity index (χ0n) is 7.03. The van der Waals surface area contributed by atoms with Crippen molar-refractivity contribution in [2.24, 2.45) is 0 Å². The molecule has 1 heterocycles. The summed E-state index contributed by atoms with van der Waals surface area (Å²) in [6, 6.07) is 0. The molecule has 0 spiro atoms. The van der Waals surface area contributed by atoms with Gasteiger partial charge in [-0.2, -0.15) is 0 Å². The second-order valence-electron chi connectivity index (χ2n) is 3.48. The van der Waals surface area contributed by atoms with Gasteiger partial charge in [-0.3, -0.25) is 4.79 Å². The van der Waals surface area contributed by atoms with Gasteiger partial charge < -0.3 is 4.57 Å². The second kappa shape index (κ2) is 2.49. The number of aromatic nitrogens is 2. The zero-order chi connectivity index (χ0) is 8.48. The average Bonchev–Trinajstić information content (AvgIpc) is 2.31. The average molecular weight is 152 g/mol. The van der Waals surface area contributed by atoms with Gasteiger partial charge in [0.05, 0.1) is 12.5 Å². The Kier molecular flexibility index (Phi) is 1.81. The summed E-state index contributed by atoms with van der Waals surface area (Å²) in [5, 5.41) is 0. The summed E-state index contributed by atoms with van der Waals surface area (Å²) in [4.78, 5) is 14.4. The molecule has 0 fully saturated rings. The lowest BCUT2D eigenvalue weighted by atomic mass is 10.1. The maximum Gasteiger partial charge on any atom is 0.168 e. The summed E-state index contributed by atoms with van der Waals surface area (Å²) in [5.74, 6) is 0. The van der Waals surface area contributed by atoms with Crippen molar-refractivity contribution in [1.29, 1.82) is 0 Å². The van der Waals surface area contributed by atoms with Crippen molar-refractivity contribution in [2.45, 2.75) is 26.3 Å². The van der Waals surface area contributed by atoms with Crippen molar-refractivity contribution in [3.8, 4) is 0 Å². The Morgan fingerprint density at radius 1 is 1.55 bits per heavy atom. The summed E-state index contributed by atoms with van der Waals surface area (Å²) < 4.78 is 1.85. The quantitative estimate of drug-likeness (QED) is 0.571. The molecule has 0 aliphatic heterocycles. The number of hydrogen-bond donors (Lipinski definition) is 0. The van der Waals surface area contributed by atoms with Crippen LogP contribution in [0, 0.1) is 0 Å². The number of rotatable bonds is 1. The van der Waals surface area contributed by atoms with E-state index in [-0.39, 0.29) is 5.54 Å². The van der Waals surface area contributed by atoms with Crippen LogP contribution in [0.2, 0.25) is 0 Å². The molecule has 0 aromatic carbocycles. The third kappa shape index (κ3) is 1.48. The third-order valence-electron chi connectivity index (χ3n) is 1.51. The molecule has 1 aromatic rings. The van der Waals surface area contributed by atoms with E-state index in [1.165, 1.54) is 0 Å². The van der Waals surface area contributed by atoms with Gasteiger partial charge in [-0.25, -0.2) is 4.98 Å². The second-order valence-corrected chi connectivity index (χ2v) is 3.48. The highest BCUT2D eigenvalue weighted by atomic mass is 16.1. The number of hydrogen-bond acceptors (Lipinski definition) is 2. The predicted octanol–water partition coefficient (Wildman–Crippen LogP) is 1.45. The fourth-order valence-corrected chi connectivity index (χ4v) is 0.953. The number of carbonyl (C=O) groups is 1. The van der Waals surface area contributed by atoms with E-state index in [1.54, 1.807) is 12.5 Å². The van der Waals surface area contributed by atoms with E-state index >= 15 is 0 Å². The van der Waals surface area contributed by atoms with Crippen LogP contribution in [0.15, 0.2) is 12.5 Å². The number of carbonyl (C=O) groups excluding carboxylic acids is 1. The molecule has 0 bridgehead atoms. The van der Waals surface area contributed by atoms with Gasteiger partial charge in [0.1, 0.15) is 5.69 Å². The van der Waals surface area contributed by atoms with Gasteiger partial charge in [-0.05, 0) is 20.8 Å². The SMILES string of the molecule is CC(C)(C)n1cncc1C=O. The van der Waals surface area contributed by atoms with Crippen molar-refractivity contribution in [3.05, 3.63) is 18.2 Å². The molecule has 0 aliphatic carbocycles. The lowest BCUT2D eigenvalue weighted by Gasteiger charge is -2.21. The van der Waals surface area contributed by atoms with Crippen LogP contribution in [0.25, 0.3) is 0 Å². The van der Waals surface area contributed by atoms with Crippen molar-refractivity contribution in [3.63, 3.8) is 0 Å². The Hall–Kier alpha value is -1.12. The summed E-state index contributed by atoms with van der Waals surface area (Å²) in [5.41, 5.74) is 0.560. The topological polar surface area (TPSA) is 34.9 Å². The van der Waals surface area contributed by atoms with Gasteiger partial charge in [0.15, 0.2) is 6.29 Å². The molecule has 0 N–H and O–H groups in total. The van der Waals surface area contributed by atoms with Crippen LogP contribution < -0.4 is 0 Å². The lowest BCUT2D eigenvalue weighted by molar-refractivity contribution is 0.111. The van der Waals surface area contributed by atoms with E-state index in [0.717, 1.165) is 6.29 Å². The van der Waals surface area contributed by atoms with Gasteiger partial charge in [0, 0.05) is 5.54 Å². The first-order valence-corrected chi connectivity index (χ1v) is 3.53. The lowest BCUT2D eigenvalue weighted by Crippen LogP contribution is -2.22. The van der Waals surface area contributed by atoms with Crippen LogP contribution >= 0.6 is 0 Å².